The summed E-state index contributed by atoms with van der Waals surface area (Å²) >= 11 is 1.19. The molecule has 0 saturated carbocycles. The first kappa shape index (κ1) is 20.2. The molecule has 166 valence electrons. The largest absolute Gasteiger partial charge is 0.477 e. The zero-order chi connectivity index (χ0) is 22.9. The molecule has 1 unspecified atom stereocenters. The first-order chi connectivity index (χ1) is 15.2. The predicted molar refractivity (Wildman–Crippen MR) is 103 cm³/mol. The molecule has 32 heavy (non-hydrogen) atoms. The minimum absolute atomic E-state index is 0.108. The van der Waals surface area contributed by atoms with Gasteiger partial charge in [-0.15, -0.1) is 16.9 Å². The lowest BCUT2D eigenvalue weighted by molar-refractivity contribution is -0.182. The van der Waals surface area contributed by atoms with E-state index < -0.39 is 42.1 Å². The number of ether oxygens (including phenoxy) is 1. The molecule has 2 fully saturated rings. The molecule has 0 spiro atoms. The number of aliphatic carboxylic acids is 1. The van der Waals surface area contributed by atoms with E-state index in [4.69, 9.17) is 10.5 Å². The molecular formula is C17H15N7O7S. The molecule has 2 saturated heterocycles. The van der Waals surface area contributed by atoms with Crippen molar-refractivity contribution in [1.82, 2.24) is 29.4 Å². The molecule has 14 nitrogen and oxygen atoms in total. The van der Waals surface area contributed by atoms with E-state index in [9.17, 15) is 29.4 Å². The highest BCUT2D eigenvalue weighted by Gasteiger charge is 2.65. The van der Waals surface area contributed by atoms with Crippen LogP contribution in [0.15, 0.2) is 22.4 Å². The van der Waals surface area contributed by atoms with Gasteiger partial charge in [0.25, 0.3) is 17.6 Å². The fourth-order valence-electron chi connectivity index (χ4n) is 4.19. The number of carboxylic acids is 1. The fraction of sp³-hybridized carbons (Fsp3) is 0.353. The van der Waals surface area contributed by atoms with Crippen LogP contribution in [0.1, 0.15) is 16.3 Å². The van der Waals surface area contributed by atoms with Crippen LogP contribution in [0.4, 0.5) is 4.79 Å². The average Bonchev–Trinajstić information content (AvgIpc) is 3.29. The zero-order valence-electron chi connectivity index (χ0n) is 16.3. The number of hydrogen-bond acceptors (Lipinski definition) is 9. The maximum absolute atomic E-state index is 12.6. The summed E-state index contributed by atoms with van der Waals surface area (Å²) in [5, 5.41) is 23.6. The number of aryl methyl sites for hydroxylation is 1. The molecule has 3 atom stereocenters. The second kappa shape index (κ2) is 6.89. The highest BCUT2D eigenvalue weighted by Crippen LogP contribution is 2.46. The van der Waals surface area contributed by atoms with Crippen molar-refractivity contribution in [3.05, 3.63) is 28.9 Å². The summed E-state index contributed by atoms with van der Waals surface area (Å²) < 4.78 is 6.99. The van der Waals surface area contributed by atoms with Gasteiger partial charge in [0.2, 0.25) is 5.82 Å². The zero-order valence-corrected chi connectivity index (χ0v) is 17.1. The smallest absolute Gasteiger partial charge is 0.409 e. The summed E-state index contributed by atoms with van der Waals surface area (Å²) in [6.07, 6.45) is -2.06. The molecule has 0 aliphatic carbocycles. The maximum atomic E-state index is 12.6. The van der Waals surface area contributed by atoms with Crippen LogP contribution < -0.4 is 5.73 Å². The summed E-state index contributed by atoms with van der Waals surface area (Å²) in [5.74, 6) is -2.66. The van der Waals surface area contributed by atoms with E-state index in [0.29, 0.717) is 16.3 Å². The van der Waals surface area contributed by atoms with Gasteiger partial charge in [-0.1, -0.05) is 0 Å². The number of nitrogens with zero attached hydrogens (tertiary/aromatic N) is 6. The Labute approximate surface area is 182 Å². The van der Waals surface area contributed by atoms with Crippen LogP contribution in [0.3, 0.4) is 0 Å². The number of nitrogens with two attached hydrogens (primary N) is 1. The number of aromatic nitrogens is 4. The molecule has 2 aromatic rings. The molecule has 4 N–H and O–H groups in total. The summed E-state index contributed by atoms with van der Waals surface area (Å²) in [4.78, 5) is 57.6. The molecule has 3 aliphatic heterocycles. The molecule has 5 rings (SSSR count). The van der Waals surface area contributed by atoms with Gasteiger partial charge in [0.05, 0.1) is 6.04 Å². The third kappa shape index (κ3) is 2.74. The van der Waals surface area contributed by atoms with Crippen LogP contribution in [-0.2, 0) is 14.3 Å². The lowest BCUT2D eigenvalue weighted by atomic mass is 9.89. The van der Waals surface area contributed by atoms with Crippen molar-refractivity contribution in [2.75, 3.05) is 12.5 Å². The van der Waals surface area contributed by atoms with Gasteiger partial charge in [-0.3, -0.25) is 19.4 Å². The van der Waals surface area contributed by atoms with Gasteiger partial charge in [0, 0.05) is 17.0 Å². The van der Waals surface area contributed by atoms with E-state index in [0.717, 1.165) is 9.80 Å². The quantitative estimate of drug-likeness (QED) is 0.278. The maximum Gasteiger partial charge on any atom is 0.409 e. The van der Waals surface area contributed by atoms with Gasteiger partial charge in [0.15, 0.2) is 0 Å². The lowest BCUT2D eigenvalue weighted by Gasteiger charge is -2.51. The first-order valence-electron chi connectivity index (χ1n) is 9.26. The topological polar surface area (TPSA) is 194 Å². The van der Waals surface area contributed by atoms with Crippen molar-refractivity contribution in [1.29, 1.82) is 0 Å². The van der Waals surface area contributed by atoms with E-state index in [1.54, 1.807) is 13.0 Å². The van der Waals surface area contributed by atoms with Crippen LogP contribution >= 0.6 is 11.8 Å². The number of amides is 3. The Morgan fingerprint density at radius 3 is 2.72 bits per heavy atom. The second-order valence-electron chi connectivity index (χ2n) is 7.33. The molecule has 15 heteroatoms. The van der Waals surface area contributed by atoms with Crippen LogP contribution in [-0.4, -0.2) is 94.1 Å². The van der Waals surface area contributed by atoms with Gasteiger partial charge in [-0.25, -0.2) is 14.6 Å². The van der Waals surface area contributed by atoms with Crippen molar-refractivity contribution in [2.45, 2.75) is 30.1 Å². The highest BCUT2D eigenvalue weighted by atomic mass is 32.2. The average molecular weight is 461 g/mol. The molecule has 0 aromatic carbocycles. The Hall–Kier alpha value is -3.72. The minimum Gasteiger partial charge on any atom is -0.477 e. The van der Waals surface area contributed by atoms with Crippen LogP contribution in [0.2, 0.25) is 0 Å². The summed E-state index contributed by atoms with van der Waals surface area (Å²) in [7, 11) is 0. The van der Waals surface area contributed by atoms with Gasteiger partial charge in [-0.2, -0.15) is 9.50 Å². The SMILES string of the molecule is Cc1cc(SCC2=C(C(=O)O)N3C(=O)[C@@H]4[C@H]3C2OCN4C(=O)O)n2nc(C(N)=O)nc2n1. The summed E-state index contributed by atoms with van der Waals surface area (Å²) in [6.45, 7) is 1.38. The summed E-state index contributed by atoms with van der Waals surface area (Å²) in [5.41, 5.74) is 5.98. The standard InChI is InChI=1S/C17H15N7O7S/c1-5-2-7(24-16(19-5)20-13(21-24)12(18)25)32-3-6-8(15(27)28)23-9-10(14(23)26)22(17(29)30)4-31-11(6)9/h2,9-11H,3-4H2,1H3,(H2,18,25)(H,27,28)(H,29,30)/t9-,10-,11?/m0/s1. The van der Waals surface area contributed by atoms with E-state index in [1.807, 2.05) is 0 Å². The van der Waals surface area contributed by atoms with Gasteiger partial charge >= 0.3 is 12.1 Å². The van der Waals surface area contributed by atoms with E-state index in [1.165, 1.54) is 16.3 Å². The van der Waals surface area contributed by atoms with Crippen molar-refractivity contribution in [2.24, 2.45) is 5.73 Å². The van der Waals surface area contributed by atoms with E-state index in [2.05, 4.69) is 15.1 Å². The van der Waals surface area contributed by atoms with Crippen LogP contribution in [0.25, 0.3) is 5.78 Å². The Morgan fingerprint density at radius 1 is 1.31 bits per heavy atom. The van der Waals surface area contributed by atoms with Crippen LogP contribution in [0, 0.1) is 6.92 Å². The number of thioether (sulfide) groups is 1. The number of fused-ring (bicyclic) bond motifs is 1. The predicted octanol–water partition coefficient (Wildman–Crippen LogP) is -1.11. The fourth-order valence-corrected chi connectivity index (χ4v) is 5.29. The number of carbonyl (C=O) groups excluding carboxylic acids is 2. The molecule has 2 aromatic heterocycles. The number of primary amides is 1. The number of β-lactam (4-membered cyclic amide) rings is 1. The lowest BCUT2D eigenvalue weighted by Crippen LogP contribution is -2.75. The highest BCUT2D eigenvalue weighted by molar-refractivity contribution is 7.99. The van der Waals surface area contributed by atoms with E-state index >= 15 is 0 Å². The van der Waals surface area contributed by atoms with E-state index in [-0.39, 0.29) is 29.8 Å². The third-order valence-corrected chi connectivity index (χ3v) is 6.53. The Bertz CT molecular complexity index is 1260. The third-order valence-electron chi connectivity index (χ3n) is 5.49. The molecule has 0 bridgehead atoms. The minimum atomic E-state index is -1.31. The van der Waals surface area contributed by atoms with Crippen molar-refractivity contribution >= 4 is 41.4 Å². The van der Waals surface area contributed by atoms with Crippen molar-refractivity contribution in [3.63, 3.8) is 0 Å². The molecule has 3 amide bonds. The summed E-state index contributed by atoms with van der Waals surface area (Å²) in [6, 6.07) is -0.0171. The van der Waals surface area contributed by atoms with Crippen LogP contribution in [0.5, 0.6) is 0 Å². The van der Waals surface area contributed by atoms with Gasteiger partial charge in [-0.05, 0) is 13.0 Å². The number of hydrogen-bond donors (Lipinski definition) is 3. The Balaban J connectivity index is 1.49. The first-order valence-corrected chi connectivity index (χ1v) is 10.2. The molecule has 5 heterocycles. The molecule has 3 aliphatic rings. The Kier molecular flexibility index (Phi) is 4.35. The number of rotatable bonds is 5. The second-order valence-corrected chi connectivity index (χ2v) is 8.32. The van der Waals surface area contributed by atoms with Gasteiger partial charge < -0.3 is 20.7 Å². The number of carboxylic acid groups (broad SMARTS) is 2. The monoisotopic (exact) mass is 461 g/mol. The molecular weight excluding hydrogens is 446 g/mol. The van der Waals surface area contributed by atoms with Crippen molar-refractivity contribution in [3.8, 4) is 0 Å². The van der Waals surface area contributed by atoms with Crippen molar-refractivity contribution < 1.29 is 34.1 Å². The van der Waals surface area contributed by atoms with Gasteiger partial charge in [0.1, 0.15) is 29.6 Å². The molecule has 0 radical (unpaired) electrons. The normalized spacial score (nSPS) is 24.0. The number of carbonyl (C=O) groups is 4. The Morgan fingerprint density at radius 2 is 2.06 bits per heavy atom.